The highest BCUT2D eigenvalue weighted by molar-refractivity contribution is 8.00. The predicted octanol–water partition coefficient (Wildman–Crippen LogP) is 1.48. The minimum absolute atomic E-state index is 0.0850. The minimum Gasteiger partial charge on any atom is -0.359 e. The van der Waals surface area contributed by atoms with Crippen molar-refractivity contribution in [3.8, 4) is 0 Å². The van der Waals surface area contributed by atoms with Gasteiger partial charge in [0.1, 0.15) is 5.28 Å². The number of unbranched alkanes of at least 4 members (excludes halogenated alkanes) is 1. The van der Waals surface area contributed by atoms with Crippen molar-refractivity contribution in [3.63, 3.8) is 0 Å². The number of fused-ring (bicyclic) bond motifs is 1. The Balaban J connectivity index is 1.62. The molecule has 0 aromatic rings. The van der Waals surface area contributed by atoms with E-state index in [9.17, 15) is 9.59 Å². The summed E-state index contributed by atoms with van der Waals surface area (Å²) in [5.41, 5.74) is 7.98. The summed E-state index contributed by atoms with van der Waals surface area (Å²) in [4.78, 5) is 28.8. The van der Waals surface area contributed by atoms with Crippen molar-refractivity contribution in [1.82, 2.24) is 10.6 Å². The molecule has 8 nitrogen and oxygen atoms in total. The van der Waals surface area contributed by atoms with Gasteiger partial charge in [-0.3, -0.25) is 4.79 Å². The SMILES string of the molecule is [N-]=[N+]=NOC(=O)CCCC[C@@H]1SC[C@@H]2NC(=O)N[C@@H]21. The van der Waals surface area contributed by atoms with E-state index in [4.69, 9.17) is 5.53 Å². The summed E-state index contributed by atoms with van der Waals surface area (Å²) < 4.78 is 0. The van der Waals surface area contributed by atoms with Crippen molar-refractivity contribution >= 4 is 23.8 Å². The zero-order chi connectivity index (χ0) is 13.7. The molecule has 2 amide bonds. The lowest BCUT2D eigenvalue weighted by Crippen LogP contribution is -2.36. The first-order valence-electron chi connectivity index (χ1n) is 6.13. The van der Waals surface area contributed by atoms with Crippen LogP contribution < -0.4 is 10.6 Å². The summed E-state index contributed by atoms with van der Waals surface area (Å²) in [7, 11) is 0. The highest BCUT2D eigenvalue weighted by atomic mass is 32.2. The van der Waals surface area contributed by atoms with E-state index in [-0.39, 0.29) is 24.5 Å². The molecule has 2 fully saturated rings. The van der Waals surface area contributed by atoms with Gasteiger partial charge >= 0.3 is 12.0 Å². The first-order valence-corrected chi connectivity index (χ1v) is 7.18. The van der Waals surface area contributed by atoms with Crippen LogP contribution in [-0.4, -0.2) is 35.1 Å². The van der Waals surface area contributed by atoms with Crippen LogP contribution in [0, 0.1) is 0 Å². The van der Waals surface area contributed by atoms with Crippen LogP contribution in [0.15, 0.2) is 5.28 Å². The summed E-state index contributed by atoms with van der Waals surface area (Å²) in [5.74, 6) is 0.429. The second-order valence-electron chi connectivity index (χ2n) is 4.50. The van der Waals surface area contributed by atoms with E-state index in [1.165, 1.54) is 0 Å². The Morgan fingerprint density at radius 2 is 2.37 bits per heavy atom. The fraction of sp³-hybridized carbons (Fsp3) is 0.800. The monoisotopic (exact) mass is 285 g/mol. The zero-order valence-electron chi connectivity index (χ0n) is 10.2. The number of hydrogen-bond acceptors (Lipinski definition) is 5. The van der Waals surface area contributed by atoms with Gasteiger partial charge < -0.3 is 15.5 Å². The molecule has 0 unspecified atom stereocenters. The Hall–Kier alpha value is -1.60. The number of carbonyl (C=O) groups is 2. The summed E-state index contributed by atoms with van der Waals surface area (Å²) in [6.07, 6.45) is 2.76. The smallest absolute Gasteiger partial charge is 0.317 e. The summed E-state index contributed by atoms with van der Waals surface area (Å²) in [6, 6.07) is 0.350. The lowest BCUT2D eigenvalue weighted by Gasteiger charge is -2.16. The van der Waals surface area contributed by atoms with Crippen molar-refractivity contribution in [3.05, 3.63) is 10.4 Å². The van der Waals surface area contributed by atoms with Crippen LogP contribution in [-0.2, 0) is 9.63 Å². The number of nitrogens with zero attached hydrogens (tertiary/aromatic N) is 3. The minimum atomic E-state index is -0.509. The van der Waals surface area contributed by atoms with E-state index in [1.807, 2.05) is 11.8 Å². The molecule has 2 N–H and O–H groups in total. The lowest BCUT2D eigenvalue weighted by atomic mass is 10.0. The summed E-state index contributed by atoms with van der Waals surface area (Å²) in [6.45, 7) is 0. The van der Waals surface area contributed by atoms with Crippen LogP contribution in [0.5, 0.6) is 0 Å². The molecule has 0 aromatic heterocycles. The van der Waals surface area contributed by atoms with Crippen molar-refractivity contribution in [2.75, 3.05) is 5.75 Å². The van der Waals surface area contributed by atoms with Crippen LogP contribution in [0.1, 0.15) is 25.7 Å². The van der Waals surface area contributed by atoms with Gasteiger partial charge in [0, 0.05) is 22.3 Å². The van der Waals surface area contributed by atoms with Gasteiger partial charge in [0.15, 0.2) is 0 Å². The molecule has 0 bridgehead atoms. The van der Waals surface area contributed by atoms with Crippen LogP contribution in [0.2, 0.25) is 0 Å². The second kappa shape index (κ2) is 6.53. The van der Waals surface area contributed by atoms with Crippen LogP contribution in [0.4, 0.5) is 4.79 Å². The number of azide groups is 1. The normalized spacial score (nSPS) is 28.0. The van der Waals surface area contributed by atoms with E-state index in [2.05, 4.69) is 25.7 Å². The molecule has 2 heterocycles. The lowest BCUT2D eigenvalue weighted by molar-refractivity contribution is -0.144. The molecule has 2 aliphatic heterocycles. The average Bonchev–Trinajstić information content (AvgIpc) is 2.92. The van der Waals surface area contributed by atoms with Gasteiger partial charge in [-0.2, -0.15) is 11.8 Å². The molecule has 2 rings (SSSR count). The van der Waals surface area contributed by atoms with Gasteiger partial charge in [-0.05, 0) is 18.4 Å². The average molecular weight is 285 g/mol. The van der Waals surface area contributed by atoms with Crippen molar-refractivity contribution in [2.45, 2.75) is 43.0 Å². The number of amides is 2. The number of urea groups is 1. The Bertz CT molecular complexity index is 412. The van der Waals surface area contributed by atoms with E-state index < -0.39 is 5.97 Å². The Morgan fingerprint density at radius 1 is 1.53 bits per heavy atom. The fourth-order valence-corrected chi connectivity index (χ4v) is 3.91. The van der Waals surface area contributed by atoms with Crippen molar-refractivity contribution < 1.29 is 14.4 Å². The van der Waals surface area contributed by atoms with Gasteiger partial charge in [-0.25, -0.2) is 4.79 Å². The number of thioether (sulfide) groups is 1. The molecule has 104 valence electrons. The standard InChI is InChI=1S/C10H15N5O3S/c11-14-15-18-8(16)4-2-1-3-7-9-6(5-19-7)12-10(17)13-9/h6-7,9H,1-5H2,(H2,12,13,17)/t6-,7-,9-/m0/s1. The number of nitrogens with one attached hydrogen (secondary N) is 2. The van der Waals surface area contributed by atoms with Crippen LogP contribution >= 0.6 is 11.8 Å². The highest BCUT2D eigenvalue weighted by Gasteiger charge is 2.42. The Kier molecular flexibility index (Phi) is 4.75. The third-order valence-electron chi connectivity index (χ3n) is 3.24. The first kappa shape index (κ1) is 13.8. The third kappa shape index (κ3) is 3.68. The molecule has 0 aliphatic carbocycles. The van der Waals surface area contributed by atoms with E-state index >= 15 is 0 Å². The first-order chi connectivity index (χ1) is 9.20. The quantitative estimate of drug-likeness (QED) is 0.192. The second-order valence-corrected chi connectivity index (χ2v) is 5.77. The molecule has 0 saturated carbocycles. The number of hydrogen-bond donors (Lipinski definition) is 2. The maximum absolute atomic E-state index is 11.2. The largest absolute Gasteiger partial charge is 0.359 e. The fourth-order valence-electron chi connectivity index (χ4n) is 2.37. The molecule has 0 radical (unpaired) electrons. The molecular formula is C10H15N5O3S. The topological polar surface area (TPSA) is 116 Å². The van der Waals surface area contributed by atoms with E-state index in [0.717, 1.165) is 18.6 Å². The van der Waals surface area contributed by atoms with Crippen LogP contribution in [0.3, 0.4) is 0 Å². The van der Waals surface area contributed by atoms with Gasteiger partial charge in [0.25, 0.3) is 0 Å². The maximum Gasteiger partial charge on any atom is 0.317 e. The summed E-state index contributed by atoms with van der Waals surface area (Å²) >= 11 is 1.85. The molecule has 0 spiro atoms. The molecule has 9 heteroatoms. The van der Waals surface area contributed by atoms with Gasteiger partial charge in [0.05, 0.1) is 12.1 Å². The van der Waals surface area contributed by atoms with Crippen LogP contribution in [0.25, 0.3) is 10.4 Å². The van der Waals surface area contributed by atoms with E-state index in [1.54, 1.807) is 0 Å². The maximum atomic E-state index is 11.2. The van der Waals surface area contributed by atoms with Gasteiger partial charge in [-0.1, -0.05) is 6.42 Å². The van der Waals surface area contributed by atoms with Gasteiger partial charge in [0.2, 0.25) is 0 Å². The zero-order valence-corrected chi connectivity index (χ0v) is 11.1. The number of rotatable bonds is 6. The van der Waals surface area contributed by atoms with E-state index in [0.29, 0.717) is 11.7 Å². The highest BCUT2D eigenvalue weighted by Crippen LogP contribution is 2.33. The molecule has 2 aliphatic rings. The Labute approximate surface area is 114 Å². The molecular weight excluding hydrogens is 270 g/mol. The van der Waals surface area contributed by atoms with Crippen molar-refractivity contribution in [2.24, 2.45) is 5.28 Å². The molecule has 19 heavy (non-hydrogen) atoms. The number of carbonyl (C=O) groups excluding carboxylic acids is 2. The third-order valence-corrected chi connectivity index (χ3v) is 4.75. The van der Waals surface area contributed by atoms with Crippen molar-refractivity contribution in [1.29, 1.82) is 0 Å². The Morgan fingerprint density at radius 3 is 3.16 bits per heavy atom. The molecule has 0 aromatic carbocycles. The molecule has 2 saturated heterocycles. The molecule has 3 atom stereocenters. The summed E-state index contributed by atoms with van der Waals surface area (Å²) in [5, 5.41) is 8.96. The van der Waals surface area contributed by atoms with Gasteiger partial charge in [-0.15, -0.1) is 0 Å². The predicted molar refractivity (Wildman–Crippen MR) is 69.2 cm³/mol.